The van der Waals surface area contributed by atoms with Crippen LogP contribution in [0.3, 0.4) is 0 Å². The number of hydrogen-bond acceptors (Lipinski definition) is 2. The number of fused-ring (bicyclic) bond motifs is 1. The molecule has 2 atom stereocenters. The first-order chi connectivity index (χ1) is 8.27. The minimum atomic E-state index is 0.154. The van der Waals surface area contributed by atoms with Gasteiger partial charge < -0.3 is 10.2 Å². The Morgan fingerprint density at radius 1 is 1.41 bits per heavy atom. The number of benzene rings is 1. The fraction of sp³-hybridized carbons (Fsp3) is 0.500. The average molecular weight is 230 g/mol. The molecule has 0 radical (unpaired) electrons. The highest BCUT2D eigenvalue weighted by molar-refractivity contribution is 5.97. The van der Waals surface area contributed by atoms with Crippen LogP contribution in [0.25, 0.3) is 0 Å². The third-order valence-electron chi connectivity index (χ3n) is 4.00. The summed E-state index contributed by atoms with van der Waals surface area (Å²) in [4.78, 5) is 14.5. The van der Waals surface area contributed by atoms with Crippen LogP contribution in [0.1, 0.15) is 18.9 Å². The molecule has 2 aliphatic heterocycles. The van der Waals surface area contributed by atoms with Gasteiger partial charge in [0.2, 0.25) is 5.91 Å². The van der Waals surface area contributed by atoms with Crippen molar-refractivity contribution in [1.82, 2.24) is 5.32 Å². The van der Waals surface area contributed by atoms with Gasteiger partial charge in [-0.2, -0.15) is 0 Å². The number of rotatable bonds is 1. The Balaban J connectivity index is 1.84. The molecular weight excluding hydrogens is 212 g/mol. The minimum absolute atomic E-state index is 0.154. The third-order valence-corrected chi connectivity index (χ3v) is 4.00. The van der Waals surface area contributed by atoms with Gasteiger partial charge in [-0.1, -0.05) is 18.2 Å². The summed E-state index contributed by atoms with van der Waals surface area (Å²) >= 11 is 0. The highest BCUT2D eigenvalue weighted by Crippen LogP contribution is 2.30. The first-order valence-corrected chi connectivity index (χ1v) is 6.40. The molecule has 0 spiro atoms. The number of anilines is 1. The second-order valence-electron chi connectivity index (χ2n) is 5.01. The van der Waals surface area contributed by atoms with Gasteiger partial charge in [0.25, 0.3) is 0 Å². The van der Waals surface area contributed by atoms with Crippen LogP contribution in [0, 0.1) is 5.92 Å². The van der Waals surface area contributed by atoms with Gasteiger partial charge in [-0.25, -0.2) is 0 Å². The highest BCUT2D eigenvalue weighted by Gasteiger charge is 2.35. The normalized spacial score (nSPS) is 27.2. The molecule has 1 N–H and O–H groups in total. The van der Waals surface area contributed by atoms with Crippen molar-refractivity contribution >= 4 is 11.6 Å². The molecule has 1 amide bonds. The van der Waals surface area contributed by atoms with E-state index in [0.29, 0.717) is 11.9 Å². The molecule has 3 rings (SSSR count). The lowest BCUT2D eigenvalue weighted by molar-refractivity contribution is -0.122. The predicted molar refractivity (Wildman–Crippen MR) is 68.1 cm³/mol. The van der Waals surface area contributed by atoms with Crippen molar-refractivity contribution < 1.29 is 4.79 Å². The number of para-hydroxylation sites is 1. The number of hydrogen-bond donors (Lipinski definition) is 1. The fourth-order valence-electron chi connectivity index (χ4n) is 2.96. The number of carbonyl (C=O) groups excluding carboxylic acids is 1. The predicted octanol–water partition coefficient (Wildman–Crippen LogP) is 1.57. The van der Waals surface area contributed by atoms with Crippen LogP contribution >= 0.6 is 0 Å². The van der Waals surface area contributed by atoms with Gasteiger partial charge in [-0.15, -0.1) is 0 Å². The smallest absolute Gasteiger partial charge is 0.231 e. The van der Waals surface area contributed by atoms with Crippen molar-refractivity contribution in [1.29, 1.82) is 0 Å². The summed E-state index contributed by atoms with van der Waals surface area (Å²) in [6.45, 7) is 3.92. The molecule has 3 nitrogen and oxygen atoms in total. The molecule has 2 aliphatic rings. The molecule has 3 heteroatoms. The maximum atomic E-state index is 12.5. The molecule has 1 fully saturated rings. The van der Waals surface area contributed by atoms with Crippen molar-refractivity contribution in [3.05, 3.63) is 29.8 Å². The Hall–Kier alpha value is -1.35. The summed E-state index contributed by atoms with van der Waals surface area (Å²) in [6, 6.07) is 8.56. The Kier molecular flexibility index (Phi) is 2.63. The Morgan fingerprint density at radius 2 is 2.24 bits per heavy atom. The van der Waals surface area contributed by atoms with E-state index in [1.165, 1.54) is 5.56 Å². The molecule has 1 aromatic rings. The SMILES string of the molecule is CC1NCCC1C(=O)N1CCc2ccccc21. The van der Waals surface area contributed by atoms with Crippen LogP contribution in [0.5, 0.6) is 0 Å². The largest absolute Gasteiger partial charge is 0.313 e. The number of carbonyl (C=O) groups is 1. The monoisotopic (exact) mass is 230 g/mol. The number of amides is 1. The zero-order valence-electron chi connectivity index (χ0n) is 10.1. The van der Waals surface area contributed by atoms with Crippen molar-refractivity contribution in [3.63, 3.8) is 0 Å². The van der Waals surface area contributed by atoms with Gasteiger partial charge in [0, 0.05) is 18.3 Å². The molecule has 2 heterocycles. The molecule has 2 unspecified atom stereocenters. The minimum Gasteiger partial charge on any atom is -0.313 e. The molecule has 0 saturated carbocycles. The number of nitrogens with zero attached hydrogens (tertiary/aromatic N) is 1. The molecule has 1 saturated heterocycles. The summed E-state index contributed by atoms with van der Waals surface area (Å²) in [5, 5.41) is 3.35. The van der Waals surface area contributed by atoms with Crippen LogP contribution in [-0.4, -0.2) is 25.0 Å². The lowest BCUT2D eigenvalue weighted by Gasteiger charge is -2.23. The van der Waals surface area contributed by atoms with E-state index in [1.54, 1.807) is 0 Å². The zero-order chi connectivity index (χ0) is 11.8. The maximum Gasteiger partial charge on any atom is 0.231 e. The number of nitrogens with one attached hydrogen (secondary N) is 1. The Labute approximate surface area is 102 Å². The lowest BCUT2D eigenvalue weighted by atomic mass is 10.0. The highest BCUT2D eigenvalue weighted by atomic mass is 16.2. The van der Waals surface area contributed by atoms with Gasteiger partial charge in [0.05, 0.1) is 5.92 Å². The second-order valence-corrected chi connectivity index (χ2v) is 5.01. The first-order valence-electron chi connectivity index (χ1n) is 6.40. The second kappa shape index (κ2) is 4.15. The average Bonchev–Trinajstić information content (AvgIpc) is 2.94. The molecule has 90 valence electrons. The summed E-state index contributed by atoms with van der Waals surface area (Å²) < 4.78 is 0. The molecule has 0 aliphatic carbocycles. The van der Waals surface area contributed by atoms with E-state index in [-0.39, 0.29) is 5.92 Å². The van der Waals surface area contributed by atoms with Crippen molar-refractivity contribution in [3.8, 4) is 0 Å². The first kappa shape index (κ1) is 10.8. The van der Waals surface area contributed by atoms with E-state index >= 15 is 0 Å². The topological polar surface area (TPSA) is 32.3 Å². The van der Waals surface area contributed by atoms with E-state index in [9.17, 15) is 4.79 Å². The summed E-state index contributed by atoms with van der Waals surface area (Å²) in [5.41, 5.74) is 2.43. The molecule has 17 heavy (non-hydrogen) atoms. The van der Waals surface area contributed by atoms with Gasteiger partial charge in [0.1, 0.15) is 0 Å². The summed E-state index contributed by atoms with van der Waals surface area (Å²) in [7, 11) is 0. The van der Waals surface area contributed by atoms with E-state index in [2.05, 4.69) is 24.4 Å². The summed E-state index contributed by atoms with van der Waals surface area (Å²) in [6.07, 6.45) is 1.97. The Bertz CT molecular complexity index is 444. The van der Waals surface area contributed by atoms with E-state index in [0.717, 1.165) is 31.6 Å². The fourth-order valence-corrected chi connectivity index (χ4v) is 2.96. The quantitative estimate of drug-likeness (QED) is 0.794. The van der Waals surface area contributed by atoms with Gasteiger partial charge in [-0.05, 0) is 37.9 Å². The van der Waals surface area contributed by atoms with Crippen LogP contribution < -0.4 is 10.2 Å². The van der Waals surface area contributed by atoms with Crippen LogP contribution in [0.15, 0.2) is 24.3 Å². The lowest BCUT2D eigenvalue weighted by Crippen LogP contribution is -2.39. The molecule has 1 aromatic carbocycles. The summed E-state index contributed by atoms with van der Waals surface area (Å²) in [5.74, 6) is 0.452. The van der Waals surface area contributed by atoms with Crippen molar-refractivity contribution in [2.75, 3.05) is 18.0 Å². The van der Waals surface area contributed by atoms with Crippen molar-refractivity contribution in [2.45, 2.75) is 25.8 Å². The van der Waals surface area contributed by atoms with E-state index in [4.69, 9.17) is 0 Å². The van der Waals surface area contributed by atoms with Gasteiger partial charge in [0.15, 0.2) is 0 Å². The van der Waals surface area contributed by atoms with E-state index < -0.39 is 0 Å². The Morgan fingerprint density at radius 3 is 3.00 bits per heavy atom. The van der Waals surface area contributed by atoms with Crippen molar-refractivity contribution in [2.24, 2.45) is 5.92 Å². The maximum absolute atomic E-state index is 12.5. The van der Waals surface area contributed by atoms with Crippen LogP contribution in [0.2, 0.25) is 0 Å². The van der Waals surface area contributed by atoms with Crippen LogP contribution in [0.4, 0.5) is 5.69 Å². The third kappa shape index (κ3) is 1.75. The van der Waals surface area contributed by atoms with Gasteiger partial charge in [-0.3, -0.25) is 4.79 Å². The van der Waals surface area contributed by atoms with Crippen LogP contribution in [-0.2, 0) is 11.2 Å². The molecular formula is C14H18N2O. The van der Waals surface area contributed by atoms with Gasteiger partial charge >= 0.3 is 0 Å². The van der Waals surface area contributed by atoms with E-state index in [1.807, 2.05) is 17.0 Å². The molecule has 0 bridgehead atoms. The zero-order valence-corrected chi connectivity index (χ0v) is 10.1. The molecule has 0 aromatic heterocycles. The standard InChI is InChI=1S/C14H18N2O/c1-10-12(6-8-15-10)14(17)16-9-7-11-4-2-3-5-13(11)16/h2-5,10,12,15H,6-9H2,1H3.